The Labute approximate surface area is 148 Å². The quantitative estimate of drug-likeness (QED) is 0.633. The lowest BCUT2D eigenvalue weighted by Crippen LogP contribution is -2.23. The topological polar surface area (TPSA) is 57.0 Å². The van der Waals surface area contributed by atoms with Gasteiger partial charge in [0.2, 0.25) is 0 Å². The third-order valence-corrected chi connectivity index (χ3v) is 3.55. The van der Waals surface area contributed by atoms with Crippen LogP contribution in [0.1, 0.15) is 5.56 Å². The summed E-state index contributed by atoms with van der Waals surface area (Å²) in [7, 11) is 0. The van der Waals surface area contributed by atoms with Crippen LogP contribution < -0.4 is 10.3 Å². The summed E-state index contributed by atoms with van der Waals surface area (Å²) in [6.07, 6.45) is -2.90. The first-order chi connectivity index (χ1) is 12.3. The van der Waals surface area contributed by atoms with Gasteiger partial charge >= 0.3 is 6.18 Å². The van der Waals surface area contributed by atoms with Crippen LogP contribution in [0, 0.1) is 5.82 Å². The maximum atomic E-state index is 13.2. The number of hydrogen-bond acceptors (Lipinski definition) is 4. The second kappa shape index (κ2) is 6.75. The van der Waals surface area contributed by atoms with E-state index in [1.165, 1.54) is 18.2 Å². The van der Waals surface area contributed by atoms with Crippen molar-refractivity contribution >= 4 is 11.6 Å². The number of nitrogens with zero attached hydrogens (tertiary/aromatic N) is 3. The van der Waals surface area contributed by atoms with Crippen molar-refractivity contribution < 1.29 is 22.3 Å². The Kier molecular flexibility index (Phi) is 4.64. The molecule has 0 amide bonds. The minimum Gasteiger partial charge on any atom is -0.454 e. The summed E-state index contributed by atoms with van der Waals surface area (Å²) in [5, 5.41) is 3.39. The van der Waals surface area contributed by atoms with Crippen molar-refractivity contribution in [1.29, 1.82) is 0 Å². The molecule has 2 heterocycles. The third kappa shape index (κ3) is 3.67. The molecule has 0 unspecified atom stereocenters. The number of benzene rings is 1. The minimum absolute atomic E-state index is 0.0958. The van der Waals surface area contributed by atoms with Gasteiger partial charge in [0, 0.05) is 12.3 Å². The predicted octanol–water partition coefficient (Wildman–Crippen LogP) is 4.23. The first kappa shape index (κ1) is 17.9. The van der Waals surface area contributed by atoms with Crippen molar-refractivity contribution in [3.8, 4) is 17.3 Å². The molecule has 26 heavy (non-hydrogen) atoms. The lowest BCUT2D eigenvalue weighted by atomic mass is 10.3. The van der Waals surface area contributed by atoms with Crippen LogP contribution >= 0.6 is 11.6 Å². The molecular weight excluding hydrogens is 378 g/mol. The third-order valence-electron chi connectivity index (χ3n) is 3.20. The Bertz CT molecular complexity index is 1000. The lowest BCUT2D eigenvalue weighted by Gasteiger charge is -2.10. The van der Waals surface area contributed by atoms with Crippen molar-refractivity contribution in [1.82, 2.24) is 14.8 Å². The first-order valence-electron chi connectivity index (χ1n) is 7.00. The number of rotatable bonds is 3. The number of pyridine rings is 1. The molecule has 3 rings (SSSR count). The molecule has 0 bridgehead atoms. The van der Waals surface area contributed by atoms with Crippen LogP contribution in [0.2, 0.25) is 5.02 Å². The molecule has 2 aromatic heterocycles. The van der Waals surface area contributed by atoms with Crippen LogP contribution in [0.5, 0.6) is 11.5 Å². The van der Waals surface area contributed by atoms with Crippen LogP contribution in [0.4, 0.5) is 17.6 Å². The molecule has 0 aliphatic carbocycles. The van der Waals surface area contributed by atoms with E-state index in [0.717, 1.165) is 29.1 Å². The van der Waals surface area contributed by atoms with Crippen molar-refractivity contribution in [2.75, 3.05) is 0 Å². The lowest BCUT2D eigenvalue weighted by molar-refractivity contribution is -0.137. The highest BCUT2D eigenvalue weighted by Crippen LogP contribution is 2.29. The van der Waals surface area contributed by atoms with Gasteiger partial charge in [-0.3, -0.25) is 4.79 Å². The predicted molar refractivity (Wildman–Crippen MR) is 84.1 cm³/mol. The number of hydrogen-bond donors (Lipinski definition) is 0. The van der Waals surface area contributed by atoms with E-state index in [1.54, 1.807) is 0 Å². The Balaban J connectivity index is 1.94. The average molecular weight is 386 g/mol. The summed E-state index contributed by atoms with van der Waals surface area (Å²) >= 11 is 5.94. The highest BCUT2D eigenvalue weighted by molar-refractivity contribution is 6.31. The Hall–Kier alpha value is -2.94. The summed E-state index contributed by atoms with van der Waals surface area (Å²) in [5.41, 5.74) is -1.82. The normalized spacial score (nSPS) is 11.4. The van der Waals surface area contributed by atoms with Gasteiger partial charge in [-0.1, -0.05) is 17.7 Å². The van der Waals surface area contributed by atoms with Crippen LogP contribution in [0.15, 0.2) is 53.6 Å². The molecule has 0 N–H and O–H groups in total. The first-order valence-corrected chi connectivity index (χ1v) is 7.38. The van der Waals surface area contributed by atoms with Gasteiger partial charge in [-0.25, -0.2) is 9.37 Å². The smallest absolute Gasteiger partial charge is 0.417 e. The molecule has 0 fully saturated rings. The van der Waals surface area contributed by atoms with E-state index in [-0.39, 0.29) is 22.3 Å². The largest absolute Gasteiger partial charge is 0.454 e. The van der Waals surface area contributed by atoms with E-state index >= 15 is 0 Å². The van der Waals surface area contributed by atoms with Crippen LogP contribution in [0.25, 0.3) is 5.82 Å². The van der Waals surface area contributed by atoms with Gasteiger partial charge in [-0.15, -0.1) is 0 Å². The molecule has 5 nitrogen and oxygen atoms in total. The van der Waals surface area contributed by atoms with Gasteiger partial charge < -0.3 is 4.74 Å². The number of aromatic nitrogens is 3. The molecule has 0 aliphatic rings. The maximum absolute atomic E-state index is 13.2. The summed E-state index contributed by atoms with van der Waals surface area (Å²) < 4.78 is 56.9. The molecule has 10 heteroatoms. The highest BCUT2D eigenvalue weighted by atomic mass is 35.5. The van der Waals surface area contributed by atoms with Crippen LogP contribution in [-0.2, 0) is 6.18 Å². The number of alkyl halides is 3. The standard InChI is InChI=1S/C16H8ClF4N3O2/c17-14-12(26-11-3-1-2-10(18)6-11)8-23-24(15(14)25)13-5-4-9(7-22-13)16(19,20)21/h1-8H. The van der Waals surface area contributed by atoms with Crippen molar-refractivity contribution in [3.63, 3.8) is 0 Å². The summed E-state index contributed by atoms with van der Waals surface area (Å²) in [4.78, 5) is 15.9. The van der Waals surface area contributed by atoms with Crippen molar-refractivity contribution in [3.05, 3.63) is 75.5 Å². The Morgan fingerprint density at radius 1 is 1.12 bits per heavy atom. The average Bonchev–Trinajstić information content (AvgIpc) is 2.59. The van der Waals surface area contributed by atoms with Gasteiger partial charge in [0.05, 0.1) is 11.8 Å². The second-order valence-corrected chi connectivity index (χ2v) is 5.38. The minimum atomic E-state index is -4.55. The maximum Gasteiger partial charge on any atom is 0.417 e. The van der Waals surface area contributed by atoms with Gasteiger partial charge in [-0.05, 0) is 24.3 Å². The van der Waals surface area contributed by atoms with Crippen LogP contribution in [-0.4, -0.2) is 14.8 Å². The number of ether oxygens (including phenoxy) is 1. The van der Waals surface area contributed by atoms with E-state index in [2.05, 4.69) is 10.1 Å². The van der Waals surface area contributed by atoms with Gasteiger partial charge in [0.1, 0.15) is 11.6 Å². The zero-order chi connectivity index (χ0) is 18.9. The fraction of sp³-hybridized carbons (Fsp3) is 0.0625. The van der Waals surface area contributed by atoms with E-state index in [9.17, 15) is 22.4 Å². The monoisotopic (exact) mass is 385 g/mol. The molecule has 134 valence electrons. The van der Waals surface area contributed by atoms with Crippen LogP contribution in [0.3, 0.4) is 0 Å². The molecule has 3 aromatic rings. The highest BCUT2D eigenvalue weighted by Gasteiger charge is 2.30. The van der Waals surface area contributed by atoms with E-state index in [0.29, 0.717) is 6.20 Å². The SMILES string of the molecule is O=c1c(Cl)c(Oc2cccc(F)c2)cnn1-c1ccc(C(F)(F)F)cn1. The van der Waals surface area contributed by atoms with E-state index in [4.69, 9.17) is 16.3 Å². The molecule has 0 radical (unpaired) electrons. The summed E-state index contributed by atoms with van der Waals surface area (Å²) in [6.45, 7) is 0. The zero-order valence-corrected chi connectivity index (χ0v) is 13.4. The molecule has 0 atom stereocenters. The fourth-order valence-electron chi connectivity index (χ4n) is 1.99. The zero-order valence-electron chi connectivity index (χ0n) is 12.7. The Morgan fingerprint density at radius 3 is 2.50 bits per heavy atom. The fourth-order valence-corrected chi connectivity index (χ4v) is 2.16. The van der Waals surface area contributed by atoms with Crippen molar-refractivity contribution in [2.45, 2.75) is 6.18 Å². The van der Waals surface area contributed by atoms with Gasteiger partial charge in [0.15, 0.2) is 16.6 Å². The van der Waals surface area contributed by atoms with Crippen molar-refractivity contribution in [2.24, 2.45) is 0 Å². The van der Waals surface area contributed by atoms with E-state index < -0.39 is 23.1 Å². The molecule has 1 aromatic carbocycles. The summed E-state index contributed by atoms with van der Waals surface area (Å²) in [5.74, 6) is -0.736. The molecule has 0 saturated heterocycles. The van der Waals surface area contributed by atoms with E-state index in [1.807, 2.05) is 0 Å². The van der Waals surface area contributed by atoms with Gasteiger partial charge in [-0.2, -0.15) is 23.0 Å². The molecular formula is C16H8ClF4N3O2. The summed E-state index contributed by atoms with van der Waals surface area (Å²) in [6, 6.07) is 6.89. The number of halogens is 5. The second-order valence-electron chi connectivity index (χ2n) is 5.00. The Morgan fingerprint density at radius 2 is 1.88 bits per heavy atom. The molecule has 0 spiro atoms. The molecule has 0 saturated carbocycles. The van der Waals surface area contributed by atoms with Gasteiger partial charge in [0.25, 0.3) is 5.56 Å². The molecule has 0 aliphatic heterocycles.